The molecule has 5 N–H and O–H groups in total. The lowest BCUT2D eigenvalue weighted by Gasteiger charge is -2.36. The van der Waals surface area contributed by atoms with Crippen molar-refractivity contribution in [3.63, 3.8) is 0 Å². The second-order valence-corrected chi connectivity index (χ2v) is 9.81. The fourth-order valence-corrected chi connectivity index (χ4v) is 5.30. The van der Waals surface area contributed by atoms with Crippen LogP contribution in [0, 0.1) is 0 Å². The Morgan fingerprint density at radius 2 is 1.98 bits per heavy atom. The number of benzene rings is 2. The number of carbonyl (C=O) groups excluding carboxylic acids is 1. The minimum Gasteiger partial charge on any atom is -0.493 e. The zero-order valence-electron chi connectivity index (χ0n) is 23.2. The molecule has 0 amide bonds. The van der Waals surface area contributed by atoms with Crippen molar-refractivity contribution in [2.75, 3.05) is 32.2 Å². The summed E-state index contributed by atoms with van der Waals surface area (Å²) in [6, 6.07) is 13.5. The predicted molar refractivity (Wildman–Crippen MR) is 155 cm³/mol. The Morgan fingerprint density at radius 1 is 1.17 bits per heavy atom. The third-order valence-corrected chi connectivity index (χ3v) is 7.26. The molecule has 3 heterocycles. The number of ketones is 1. The van der Waals surface area contributed by atoms with Crippen LogP contribution in [0.25, 0.3) is 0 Å². The van der Waals surface area contributed by atoms with Gasteiger partial charge in [-0.15, -0.1) is 0 Å². The molecule has 1 aliphatic heterocycles. The standard InChI is InChI=1S/C30H33N7O4/c1-36-24(15-21(17-38)35-36)27-22-7-5-4-6-19(22)8-10-37(27)11-9-25(39)23-13-18(14-26(40-2)28(23)41-3)12-20-16-33-30(32)34-29(20)31/h4-7,9,11,13-16,27,38H,8,10,12,17H2,1-3H3,(H4,31,32,33,34). The van der Waals surface area contributed by atoms with E-state index in [-0.39, 0.29) is 30.2 Å². The van der Waals surface area contributed by atoms with Gasteiger partial charge in [-0.3, -0.25) is 9.48 Å². The van der Waals surface area contributed by atoms with Gasteiger partial charge in [-0.25, -0.2) is 4.98 Å². The van der Waals surface area contributed by atoms with Crippen LogP contribution < -0.4 is 20.9 Å². The molecule has 2 aromatic heterocycles. The van der Waals surface area contributed by atoms with Crippen molar-refractivity contribution in [3.8, 4) is 11.5 Å². The van der Waals surface area contributed by atoms with Gasteiger partial charge in [0, 0.05) is 44.0 Å². The van der Waals surface area contributed by atoms with Crippen LogP contribution in [-0.4, -0.2) is 56.3 Å². The number of aryl methyl sites for hydroxylation is 1. The first-order chi connectivity index (χ1) is 19.8. The molecule has 2 aromatic carbocycles. The van der Waals surface area contributed by atoms with Gasteiger partial charge in [0.1, 0.15) is 5.82 Å². The number of aliphatic hydroxyl groups is 1. The Labute approximate surface area is 238 Å². The van der Waals surface area contributed by atoms with Gasteiger partial charge >= 0.3 is 0 Å². The molecule has 4 aromatic rings. The SMILES string of the molecule is COc1cc(Cc2cnc(N)nc2N)cc(C(=O)C=CN2CCc3ccccc3C2c2cc(CO)nn2C)c1OC. The monoisotopic (exact) mass is 555 g/mol. The Balaban J connectivity index is 1.49. The second kappa shape index (κ2) is 11.7. The molecular formula is C30H33N7O4. The molecule has 0 saturated heterocycles. The van der Waals surface area contributed by atoms with Crippen molar-refractivity contribution in [2.24, 2.45) is 7.05 Å². The summed E-state index contributed by atoms with van der Waals surface area (Å²) in [5, 5.41) is 14.1. The Morgan fingerprint density at radius 3 is 2.68 bits per heavy atom. The average Bonchev–Trinajstić information content (AvgIpc) is 3.36. The number of aromatic nitrogens is 4. The Bertz CT molecular complexity index is 1610. The third kappa shape index (κ3) is 5.57. The maximum absolute atomic E-state index is 13.7. The fraction of sp³-hybridized carbons (Fsp3) is 0.267. The van der Waals surface area contributed by atoms with Crippen LogP contribution in [0.2, 0.25) is 0 Å². The zero-order chi connectivity index (χ0) is 29.1. The van der Waals surface area contributed by atoms with Gasteiger partial charge in [0.25, 0.3) is 0 Å². The van der Waals surface area contributed by atoms with Crippen molar-refractivity contribution < 1.29 is 19.4 Å². The normalized spacial score (nSPS) is 14.7. The molecule has 0 fully saturated rings. The molecule has 11 nitrogen and oxygen atoms in total. The van der Waals surface area contributed by atoms with Gasteiger partial charge in [-0.2, -0.15) is 10.1 Å². The number of hydrogen-bond acceptors (Lipinski definition) is 10. The highest BCUT2D eigenvalue weighted by Crippen LogP contribution is 2.37. The number of nitrogen functional groups attached to an aromatic ring is 2. The lowest BCUT2D eigenvalue weighted by Crippen LogP contribution is -2.33. The van der Waals surface area contributed by atoms with Crippen LogP contribution in [0.5, 0.6) is 11.5 Å². The van der Waals surface area contributed by atoms with E-state index >= 15 is 0 Å². The molecule has 11 heteroatoms. The molecule has 1 unspecified atom stereocenters. The fourth-order valence-electron chi connectivity index (χ4n) is 5.30. The number of nitrogens with two attached hydrogens (primary N) is 2. The van der Waals surface area contributed by atoms with Crippen LogP contribution in [0.3, 0.4) is 0 Å². The van der Waals surface area contributed by atoms with Crippen molar-refractivity contribution in [1.82, 2.24) is 24.6 Å². The van der Waals surface area contributed by atoms with Gasteiger partial charge in [0.15, 0.2) is 17.3 Å². The predicted octanol–water partition coefficient (Wildman–Crippen LogP) is 2.82. The van der Waals surface area contributed by atoms with E-state index in [4.69, 9.17) is 20.9 Å². The largest absolute Gasteiger partial charge is 0.493 e. The van der Waals surface area contributed by atoms with Crippen molar-refractivity contribution in [3.05, 3.63) is 100 Å². The number of aliphatic hydroxyl groups excluding tert-OH is 1. The van der Waals surface area contributed by atoms with E-state index in [1.807, 2.05) is 31.4 Å². The highest BCUT2D eigenvalue weighted by Gasteiger charge is 2.30. The summed E-state index contributed by atoms with van der Waals surface area (Å²) < 4.78 is 12.9. The van der Waals surface area contributed by atoms with E-state index in [1.54, 1.807) is 29.1 Å². The van der Waals surface area contributed by atoms with Crippen LogP contribution in [-0.2, 0) is 26.5 Å². The third-order valence-electron chi connectivity index (χ3n) is 7.26. The van der Waals surface area contributed by atoms with E-state index in [2.05, 4.69) is 32.1 Å². The molecule has 0 bridgehead atoms. The van der Waals surface area contributed by atoms with E-state index in [1.165, 1.54) is 19.8 Å². The average molecular weight is 556 g/mol. The summed E-state index contributed by atoms with van der Waals surface area (Å²) in [7, 11) is 4.89. The van der Waals surface area contributed by atoms with Crippen molar-refractivity contribution in [2.45, 2.75) is 25.5 Å². The van der Waals surface area contributed by atoms with Crippen molar-refractivity contribution in [1.29, 1.82) is 0 Å². The van der Waals surface area contributed by atoms with Crippen molar-refractivity contribution >= 4 is 17.5 Å². The smallest absolute Gasteiger partial charge is 0.221 e. The lowest BCUT2D eigenvalue weighted by molar-refractivity contribution is 0.104. The van der Waals surface area contributed by atoms with Gasteiger partial charge in [-0.1, -0.05) is 24.3 Å². The topological polar surface area (TPSA) is 155 Å². The molecule has 5 rings (SSSR count). The van der Waals surface area contributed by atoms with Crippen LogP contribution in [0.1, 0.15) is 50.0 Å². The maximum atomic E-state index is 13.7. The highest BCUT2D eigenvalue weighted by atomic mass is 16.5. The molecule has 0 saturated carbocycles. The van der Waals surface area contributed by atoms with Gasteiger partial charge in [0.05, 0.1) is 43.8 Å². The quantitative estimate of drug-likeness (QED) is 0.207. The first-order valence-corrected chi connectivity index (χ1v) is 13.1. The van der Waals surface area contributed by atoms with E-state index < -0.39 is 0 Å². The zero-order valence-corrected chi connectivity index (χ0v) is 23.2. The number of allylic oxidation sites excluding steroid dienone is 1. The molecule has 41 heavy (non-hydrogen) atoms. The molecule has 0 spiro atoms. The number of carbonyl (C=O) groups is 1. The summed E-state index contributed by atoms with van der Waals surface area (Å²) in [4.78, 5) is 23.9. The van der Waals surface area contributed by atoms with Gasteiger partial charge in [0.2, 0.25) is 5.95 Å². The number of methoxy groups -OCH3 is 2. The number of anilines is 2. The molecule has 212 valence electrons. The second-order valence-electron chi connectivity index (χ2n) is 9.81. The van der Waals surface area contributed by atoms with Crippen LogP contribution >= 0.6 is 0 Å². The number of fused-ring (bicyclic) bond motifs is 1. The van der Waals surface area contributed by atoms with Crippen LogP contribution in [0.15, 0.2) is 60.9 Å². The van der Waals surface area contributed by atoms with E-state index in [0.717, 1.165) is 23.2 Å². The van der Waals surface area contributed by atoms with Gasteiger partial charge in [-0.05, 0) is 41.3 Å². The first kappa shape index (κ1) is 27.7. The summed E-state index contributed by atoms with van der Waals surface area (Å²) in [6.45, 7) is 0.546. The van der Waals surface area contributed by atoms with E-state index in [9.17, 15) is 9.90 Å². The molecular weight excluding hydrogens is 522 g/mol. The number of nitrogens with zero attached hydrogens (tertiary/aromatic N) is 5. The molecule has 0 radical (unpaired) electrons. The van der Waals surface area contributed by atoms with E-state index in [0.29, 0.717) is 41.3 Å². The number of rotatable bonds is 9. The minimum atomic E-state index is -0.248. The minimum absolute atomic E-state index is 0.0944. The Hall–Kier alpha value is -4.90. The lowest BCUT2D eigenvalue weighted by atomic mass is 9.90. The Kier molecular flexibility index (Phi) is 7.88. The highest BCUT2D eigenvalue weighted by molar-refractivity contribution is 6.07. The summed E-state index contributed by atoms with van der Waals surface area (Å²) >= 11 is 0. The summed E-state index contributed by atoms with van der Waals surface area (Å²) in [5.41, 5.74) is 17.4. The number of ether oxygens (including phenoxy) is 2. The van der Waals surface area contributed by atoms with Gasteiger partial charge < -0.3 is 30.9 Å². The summed E-state index contributed by atoms with van der Waals surface area (Å²) in [6.07, 6.45) is 6.14. The number of hydrogen-bond donors (Lipinski definition) is 3. The molecule has 1 atom stereocenters. The first-order valence-electron chi connectivity index (χ1n) is 13.1. The van der Waals surface area contributed by atoms with Crippen LogP contribution in [0.4, 0.5) is 11.8 Å². The summed E-state index contributed by atoms with van der Waals surface area (Å²) in [5.74, 6) is 0.884. The molecule has 1 aliphatic rings. The maximum Gasteiger partial charge on any atom is 0.221 e. The molecule has 0 aliphatic carbocycles.